The first-order chi connectivity index (χ1) is 14.9. The highest BCUT2D eigenvalue weighted by Crippen LogP contribution is 2.40. The first-order valence-corrected chi connectivity index (χ1v) is 12.7. The fourth-order valence-corrected chi connectivity index (χ4v) is 6.05. The SMILES string of the molecule is C=S(c1cc(C)c(Cl)cc1C)N(Cc1ccccc1NC)C1C=C=C(N(CC)CC)C1. The summed E-state index contributed by atoms with van der Waals surface area (Å²) in [5, 5.41) is 4.16. The Labute approximate surface area is 195 Å². The molecule has 0 fully saturated rings. The molecule has 2 aromatic rings. The second-order valence-corrected chi connectivity index (χ2v) is 9.96. The summed E-state index contributed by atoms with van der Waals surface area (Å²) in [6.07, 6.45) is 3.20. The quantitative estimate of drug-likeness (QED) is 0.338. The van der Waals surface area contributed by atoms with Crippen molar-refractivity contribution in [2.45, 2.75) is 51.6 Å². The number of nitrogens with one attached hydrogen (secondary N) is 1. The van der Waals surface area contributed by atoms with Crippen molar-refractivity contribution in [2.24, 2.45) is 0 Å². The van der Waals surface area contributed by atoms with E-state index in [1.165, 1.54) is 21.7 Å². The zero-order chi connectivity index (χ0) is 22.5. The maximum atomic E-state index is 6.39. The molecule has 0 heterocycles. The lowest BCUT2D eigenvalue weighted by Crippen LogP contribution is -2.31. The van der Waals surface area contributed by atoms with E-state index in [0.29, 0.717) is 0 Å². The molecule has 1 N–H and O–H groups in total. The topological polar surface area (TPSA) is 18.5 Å². The number of para-hydroxylation sites is 1. The molecule has 3 nitrogen and oxygen atoms in total. The highest BCUT2D eigenvalue weighted by atomic mass is 35.5. The third-order valence-corrected chi connectivity index (χ3v) is 8.29. The van der Waals surface area contributed by atoms with Gasteiger partial charge >= 0.3 is 0 Å². The Balaban J connectivity index is 1.97. The fourth-order valence-electron chi connectivity index (χ4n) is 4.08. The molecule has 2 atom stereocenters. The lowest BCUT2D eigenvalue weighted by atomic mass is 10.1. The Morgan fingerprint density at radius 1 is 1.16 bits per heavy atom. The van der Waals surface area contributed by atoms with Crippen molar-refractivity contribution in [1.82, 2.24) is 9.21 Å². The zero-order valence-corrected chi connectivity index (χ0v) is 20.9. The van der Waals surface area contributed by atoms with Crippen LogP contribution in [0.3, 0.4) is 0 Å². The van der Waals surface area contributed by atoms with Gasteiger partial charge in [0, 0.05) is 48.7 Å². The maximum absolute atomic E-state index is 6.39. The van der Waals surface area contributed by atoms with Crippen molar-refractivity contribution < 1.29 is 0 Å². The van der Waals surface area contributed by atoms with Crippen LogP contribution >= 0.6 is 22.3 Å². The molecule has 0 saturated heterocycles. The van der Waals surface area contributed by atoms with E-state index in [0.717, 1.165) is 42.3 Å². The van der Waals surface area contributed by atoms with E-state index in [-0.39, 0.29) is 16.7 Å². The van der Waals surface area contributed by atoms with Gasteiger partial charge in [-0.2, -0.15) is 0 Å². The number of aryl methyl sites for hydroxylation is 2. The lowest BCUT2D eigenvalue weighted by molar-refractivity contribution is 0.335. The molecule has 0 aliphatic heterocycles. The summed E-state index contributed by atoms with van der Waals surface area (Å²) < 4.78 is 2.52. The Morgan fingerprint density at radius 3 is 2.55 bits per heavy atom. The van der Waals surface area contributed by atoms with Crippen molar-refractivity contribution in [2.75, 3.05) is 25.5 Å². The Kier molecular flexibility index (Phi) is 8.07. The van der Waals surface area contributed by atoms with Crippen molar-refractivity contribution >= 4 is 33.8 Å². The van der Waals surface area contributed by atoms with Crippen molar-refractivity contribution in [3.8, 4) is 0 Å². The molecule has 2 aromatic carbocycles. The number of hydrogen-bond acceptors (Lipinski definition) is 3. The van der Waals surface area contributed by atoms with Crippen LogP contribution in [0.2, 0.25) is 5.02 Å². The molecular weight excluding hydrogens is 422 g/mol. The molecule has 0 saturated carbocycles. The van der Waals surface area contributed by atoms with E-state index in [9.17, 15) is 0 Å². The molecule has 5 heteroatoms. The smallest absolute Gasteiger partial charge is 0.0580 e. The van der Waals surface area contributed by atoms with Gasteiger partial charge in [0.1, 0.15) is 0 Å². The summed E-state index contributed by atoms with van der Waals surface area (Å²) in [6.45, 7) is 11.4. The first-order valence-electron chi connectivity index (χ1n) is 10.9. The monoisotopic (exact) mass is 455 g/mol. The van der Waals surface area contributed by atoms with E-state index in [1.54, 1.807) is 0 Å². The van der Waals surface area contributed by atoms with Gasteiger partial charge in [0.15, 0.2) is 0 Å². The second-order valence-electron chi connectivity index (χ2n) is 7.92. The van der Waals surface area contributed by atoms with E-state index in [4.69, 9.17) is 11.6 Å². The largest absolute Gasteiger partial charge is 0.388 e. The summed E-state index contributed by atoms with van der Waals surface area (Å²) in [5.41, 5.74) is 9.59. The zero-order valence-electron chi connectivity index (χ0n) is 19.3. The third kappa shape index (κ3) is 5.27. The molecular formula is C26H34ClN3S. The molecule has 3 rings (SSSR count). The summed E-state index contributed by atoms with van der Waals surface area (Å²) in [5.74, 6) is 4.67. The first kappa shape index (κ1) is 23.7. The van der Waals surface area contributed by atoms with E-state index in [1.807, 2.05) is 7.05 Å². The summed E-state index contributed by atoms with van der Waals surface area (Å²) in [6, 6.07) is 13.1. The predicted molar refractivity (Wildman–Crippen MR) is 138 cm³/mol. The summed E-state index contributed by atoms with van der Waals surface area (Å²) >= 11 is 6.39. The van der Waals surface area contributed by atoms with Crippen LogP contribution in [0, 0.1) is 13.8 Å². The van der Waals surface area contributed by atoms with Crippen LogP contribution in [0.25, 0.3) is 0 Å². The molecule has 0 radical (unpaired) electrons. The highest BCUT2D eigenvalue weighted by Gasteiger charge is 2.26. The molecule has 0 aromatic heterocycles. The van der Waals surface area contributed by atoms with Gasteiger partial charge < -0.3 is 10.2 Å². The summed E-state index contributed by atoms with van der Waals surface area (Å²) in [4.78, 5) is 3.66. The number of hydrogen-bond donors (Lipinski definition) is 1. The highest BCUT2D eigenvalue weighted by molar-refractivity contribution is 8.12. The average Bonchev–Trinajstić information content (AvgIpc) is 3.25. The minimum atomic E-state index is -0.340. The van der Waals surface area contributed by atoms with Gasteiger partial charge in [-0.1, -0.05) is 46.3 Å². The third-order valence-electron chi connectivity index (χ3n) is 5.97. The number of benzene rings is 2. The molecule has 0 bridgehead atoms. The van der Waals surface area contributed by atoms with Crippen LogP contribution in [0.4, 0.5) is 5.69 Å². The minimum Gasteiger partial charge on any atom is -0.388 e. The number of halogens is 1. The Hall–Kier alpha value is -1.97. The van der Waals surface area contributed by atoms with Crippen LogP contribution < -0.4 is 5.32 Å². The van der Waals surface area contributed by atoms with Crippen molar-refractivity contribution in [1.29, 1.82) is 0 Å². The van der Waals surface area contributed by atoms with Gasteiger partial charge in [-0.05, 0) is 68.7 Å². The molecule has 1 aliphatic carbocycles. The van der Waals surface area contributed by atoms with Gasteiger partial charge in [-0.15, -0.1) is 5.73 Å². The van der Waals surface area contributed by atoms with Crippen LogP contribution in [0.5, 0.6) is 0 Å². The van der Waals surface area contributed by atoms with Crippen LogP contribution in [0.15, 0.2) is 58.8 Å². The van der Waals surface area contributed by atoms with Crippen LogP contribution in [-0.4, -0.2) is 41.3 Å². The van der Waals surface area contributed by atoms with Gasteiger partial charge in [0.2, 0.25) is 0 Å². The van der Waals surface area contributed by atoms with E-state index in [2.05, 4.69) is 96.3 Å². The van der Waals surface area contributed by atoms with E-state index >= 15 is 0 Å². The molecule has 0 spiro atoms. The second kappa shape index (κ2) is 10.6. The van der Waals surface area contributed by atoms with Gasteiger partial charge in [-0.25, -0.2) is 4.31 Å². The standard InChI is InChI=1S/C26H34ClN3S/c1-7-29(8-2)22-13-14-23(17-22)30(18-21-11-9-10-12-25(21)28-5)31(6)26-16-19(3)24(27)15-20(26)4/h9-12,14-16,23,28H,6-8,17-18H2,1-5H3. The molecule has 2 unspecified atom stereocenters. The van der Waals surface area contributed by atoms with Crippen molar-refractivity contribution in [3.05, 3.63) is 75.6 Å². The average molecular weight is 456 g/mol. The Bertz CT molecular complexity index is 1020. The number of rotatable bonds is 9. The summed E-state index contributed by atoms with van der Waals surface area (Å²) in [7, 11) is 1.64. The fraction of sp³-hybridized carbons (Fsp3) is 0.385. The lowest BCUT2D eigenvalue weighted by Gasteiger charge is -2.33. The predicted octanol–water partition coefficient (Wildman–Crippen LogP) is 6.63. The number of nitrogens with zero attached hydrogens (tertiary/aromatic N) is 2. The molecule has 31 heavy (non-hydrogen) atoms. The minimum absolute atomic E-state index is 0.261. The van der Waals surface area contributed by atoms with Crippen molar-refractivity contribution in [3.63, 3.8) is 0 Å². The normalized spacial score (nSPS) is 16.5. The van der Waals surface area contributed by atoms with Crippen LogP contribution in [0.1, 0.15) is 37.0 Å². The molecule has 166 valence electrons. The van der Waals surface area contributed by atoms with Gasteiger partial charge in [0.25, 0.3) is 0 Å². The Morgan fingerprint density at radius 2 is 1.87 bits per heavy atom. The van der Waals surface area contributed by atoms with Gasteiger partial charge in [0.05, 0.1) is 11.7 Å². The number of anilines is 1. The molecule has 1 aliphatic rings. The molecule has 0 amide bonds. The van der Waals surface area contributed by atoms with Gasteiger partial charge in [-0.3, -0.25) is 0 Å². The van der Waals surface area contributed by atoms with Crippen LogP contribution in [-0.2, 0) is 6.54 Å². The maximum Gasteiger partial charge on any atom is 0.0580 e. The van der Waals surface area contributed by atoms with E-state index < -0.39 is 0 Å².